The number of nitrogens with one attached hydrogen (secondary N) is 1. The van der Waals surface area contributed by atoms with Crippen LogP contribution in [-0.4, -0.2) is 37.6 Å². The van der Waals surface area contributed by atoms with Gasteiger partial charge in [0.15, 0.2) is 5.13 Å². The normalized spacial score (nSPS) is 16.8. The van der Waals surface area contributed by atoms with E-state index in [1.807, 2.05) is 24.3 Å². The number of carbonyl (C=O) groups is 1. The van der Waals surface area contributed by atoms with E-state index in [0.717, 1.165) is 48.7 Å². The van der Waals surface area contributed by atoms with Crippen molar-refractivity contribution in [1.29, 1.82) is 0 Å². The summed E-state index contributed by atoms with van der Waals surface area (Å²) >= 11 is 1.72. The summed E-state index contributed by atoms with van der Waals surface area (Å²) in [5, 5.41) is 4.15. The Morgan fingerprint density at radius 3 is 2.90 bits per heavy atom. The maximum Gasteiger partial charge on any atom is 0.224 e. The maximum absolute atomic E-state index is 12.7. The molecular formula is C23H27N3O2S. The fraction of sp³-hybridized carbons (Fsp3) is 0.391. The Bertz CT molecular complexity index is 983. The van der Waals surface area contributed by atoms with Crippen LogP contribution in [0.5, 0.6) is 5.75 Å². The lowest BCUT2D eigenvalue weighted by Gasteiger charge is -2.31. The molecule has 5 nitrogen and oxygen atoms in total. The second kappa shape index (κ2) is 8.82. The van der Waals surface area contributed by atoms with Gasteiger partial charge in [0.25, 0.3) is 0 Å². The Balaban J connectivity index is 1.32. The minimum Gasteiger partial charge on any atom is -0.497 e. The van der Waals surface area contributed by atoms with Crippen LogP contribution >= 0.6 is 11.3 Å². The third-order valence-corrected chi connectivity index (χ3v) is 6.55. The molecule has 2 heterocycles. The highest BCUT2D eigenvalue weighted by Crippen LogP contribution is 2.32. The molecule has 0 bridgehead atoms. The van der Waals surface area contributed by atoms with Crippen molar-refractivity contribution in [2.45, 2.75) is 26.2 Å². The molecule has 1 aliphatic heterocycles. The summed E-state index contributed by atoms with van der Waals surface area (Å²) in [6.07, 6.45) is 2.78. The first-order valence-corrected chi connectivity index (χ1v) is 11.0. The second-order valence-electron chi connectivity index (χ2n) is 7.64. The summed E-state index contributed by atoms with van der Waals surface area (Å²) < 4.78 is 6.40. The molecular weight excluding hydrogens is 382 g/mol. The lowest BCUT2D eigenvalue weighted by atomic mass is 9.97. The molecule has 0 radical (unpaired) electrons. The molecule has 1 atom stereocenters. The van der Waals surface area contributed by atoms with Crippen LogP contribution in [0.4, 0.5) is 5.13 Å². The van der Waals surface area contributed by atoms with Gasteiger partial charge in [-0.3, -0.25) is 4.79 Å². The summed E-state index contributed by atoms with van der Waals surface area (Å²) in [5.74, 6) is 1.03. The van der Waals surface area contributed by atoms with Gasteiger partial charge in [-0.05, 0) is 61.6 Å². The van der Waals surface area contributed by atoms with E-state index in [-0.39, 0.29) is 11.8 Å². The van der Waals surface area contributed by atoms with Crippen molar-refractivity contribution in [2.24, 2.45) is 5.92 Å². The van der Waals surface area contributed by atoms with E-state index in [1.54, 1.807) is 18.4 Å². The minimum absolute atomic E-state index is 0.0216. The number of piperidine rings is 1. The van der Waals surface area contributed by atoms with Crippen molar-refractivity contribution in [1.82, 2.24) is 10.3 Å². The molecule has 152 valence electrons. The number of thiazole rings is 1. The van der Waals surface area contributed by atoms with E-state index in [2.05, 4.69) is 35.3 Å². The Labute approximate surface area is 175 Å². The molecule has 1 saturated heterocycles. The summed E-state index contributed by atoms with van der Waals surface area (Å²) in [4.78, 5) is 19.8. The van der Waals surface area contributed by atoms with Crippen LogP contribution in [0.1, 0.15) is 24.0 Å². The van der Waals surface area contributed by atoms with Crippen molar-refractivity contribution < 1.29 is 9.53 Å². The molecule has 2 aromatic carbocycles. The number of methoxy groups -OCH3 is 1. The zero-order valence-corrected chi connectivity index (χ0v) is 17.8. The number of amides is 1. The van der Waals surface area contributed by atoms with Crippen LogP contribution < -0.4 is 15.0 Å². The van der Waals surface area contributed by atoms with Crippen molar-refractivity contribution in [3.63, 3.8) is 0 Å². The second-order valence-corrected chi connectivity index (χ2v) is 8.65. The number of aromatic nitrogens is 1. The topological polar surface area (TPSA) is 54.5 Å². The number of nitrogens with zero attached hydrogens (tertiary/aromatic N) is 2. The number of benzene rings is 2. The zero-order chi connectivity index (χ0) is 20.2. The lowest BCUT2D eigenvalue weighted by Crippen LogP contribution is -2.43. The van der Waals surface area contributed by atoms with Crippen LogP contribution in [0, 0.1) is 12.8 Å². The predicted molar refractivity (Wildman–Crippen MR) is 119 cm³/mol. The van der Waals surface area contributed by atoms with E-state index in [0.29, 0.717) is 6.54 Å². The van der Waals surface area contributed by atoms with E-state index in [4.69, 9.17) is 9.72 Å². The molecule has 1 aromatic heterocycles. The molecule has 1 N–H and O–H groups in total. The molecule has 1 amide bonds. The number of carbonyl (C=O) groups excluding carboxylic acids is 1. The van der Waals surface area contributed by atoms with Gasteiger partial charge in [-0.15, -0.1) is 0 Å². The van der Waals surface area contributed by atoms with Crippen LogP contribution in [0.3, 0.4) is 0 Å². The highest BCUT2D eigenvalue weighted by Gasteiger charge is 2.27. The van der Waals surface area contributed by atoms with Crippen molar-refractivity contribution in [2.75, 3.05) is 31.6 Å². The van der Waals surface area contributed by atoms with Gasteiger partial charge >= 0.3 is 0 Å². The minimum atomic E-state index is 0.0216. The fourth-order valence-electron chi connectivity index (χ4n) is 3.79. The van der Waals surface area contributed by atoms with Gasteiger partial charge in [0.1, 0.15) is 5.75 Å². The lowest BCUT2D eigenvalue weighted by molar-refractivity contribution is -0.125. The smallest absolute Gasteiger partial charge is 0.224 e. The van der Waals surface area contributed by atoms with E-state index in [9.17, 15) is 4.79 Å². The van der Waals surface area contributed by atoms with Gasteiger partial charge < -0.3 is 15.0 Å². The molecule has 1 fully saturated rings. The molecule has 3 aromatic rings. The van der Waals surface area contributed by atoms with Gasteiger partial charge in [0, 0.05) is 19.6 Å². The number of anilines is 1. The fourth-order valence-corrected chi connectivity index (χ4v) is 4.89. The summed E-state index contributed by atoms with van der Waals surface area (Å²) in [5.41, 5.74) is 3.49. The number of hydrogen-bond donors (Lipinski definition) is 1. The third kappa shape index (κ3) is 4.70. The van der Waals surface area contributed by atoms with E-state index < -0.39 is 0 Å². The third-order valence-electron chi connectivity index (χ3n) is 5.47. The standard InChI is InChI=1S/C23H27N3O2S/c1-16-5-10-20-21(14-16)29-23(25-20)26-13-3-4-18(15-26)22(27)24-12-11-17-6-8-19(28-2)9-7-17/h5-10,14,18H,3-4,11-13,15H2,1-2H3,(H,24,27). The predicted octanol–water partition coefficient (Wildman–Crippen LogP) is 4.19. The van der Waals surface area contributed by atoms with Crippen molar-refractivity contribution in [3.05, 3.63) is 53.6 Å². The first-order valence-electron chi connectivity index (χ1n) is 10.1. The molecule has 0 aliphatic carbocycles. The average Bonchev–Trinajstić information content (AvgIpc) is 3.17. The largest absolute Gasteiger partial charge is 0.497 e. The van der Waals surface area contributed by atoms with E-state index in [1.165, 1.54) is 15.8 Å². The molecule has 0 spiro atoms. The van der Waals surface area contributed by atoms with Gasteiger partial charge in [0.2, 0.25) is 5.91 Å². The maximum atomic E-state index is 12.7. The average molecular weight is 410 g/mol. The van der Waals surface area contributed by atoms with Gasteiger partial charge in [-0.2, -0.15) is 0 Å². The number of rotatable bonds is 6. The SMILES string of the molecule is COc1ccc(CCNC(=O)C2CCCN(c3nc4ccc(C)cc4s3)C2)cc1. The van der Waals surface area contributed by atoms with Gasteiger partial charge in [0.05, 0.1) is 23.2 Å². The van der Waals surface area contributed by atoms with Gasteiger partial charge in [-0.25, -0.2) is 4.98 Å². The quantitative estimate of drug-likeness (QED) is 0.663. The summed E-state index contributed by atoms with van der Waals surface area (Å²) in [6.45, 7) is 4.47. The molecule has 4 rings (SSSR count). The number of aryl methyl sites for hydroxylation is 1. The van der Waals surface area contributed by atoms with Crippen LogP contribution in [0.15, 0.2) is 42.5 Å². The van der Waals surface area contributed by atoms with Gasteiger partial charge in [-0.1, -0.05) is 29.5 Å². The van der Waals surface area contributed by atoms with Crippen molar-refractivity contribution in [3.8, 4) is 5.75 Å². The molecule has 1 unspecified atom stereocenters. The number of ether oxygens (including phenoxy) is 1. The van der Waals surface area contributed by atoms with E-state index >= 15 is 0 Å². The Kier molecular flexibility index (Phi) is 6.00. The summed E-state index contributed by atoms with van der Waals surface area (Å²) in [7, 11) is 1.66. The van der Waals surface area contributed by atoms with Crippen LogP contribution in [0.25, 0.3) is 10.2 Å². The molecule has 6 heteroatoms. The molecule has 29 heavy (non-hydrogen) atoms. The zero-order valence-electron chi connectivity index (χ0n) is 17.0. The van der Waals surface area contributed by atoms with Crippen LogP contribution in [-0.2, 0) is 11.2 Å². The Morgan fingerprint density at radius 2 is 2.10 bits per heavy atom. The first kappa shape index (κ1) is 19.7. The first-order chi connectivity index (χ1) is 14.1. The summed E-state index contributed by atoms with van der Waals surface area (Å²) in [6, 6.07) is 14.4. The highest BCUT2D eigenvalue weighted by atomic mass is 32.1. The van der Waals surface area contributed by atoms with Crippen LogP contribution in [0.2, 0.25) is 0 Å². The Morgan fingerprint density at radius 1 is 1.28 bits per heavy atom. The number of hydrogen-bond acceptors (Lipinski definition) is 5. The monoisotopic (exact) mass is 409 g/mol. The molecule has 0 saturated carbocycles. The van der Waals surface area contributed by atoms with Crippen molar-refractivity contribution >= 4 is 32.6 Å². The number of fused-ring (bicyclic) bond motifs is 1. The highest BCUT2D eigenvalue weighted by molar-refractivity contribution is 7.22. The Hall–Kier alpha value is -2.60. The molecule has 1 aliphatic rings.